The van der Waals surface area contributed by atoms with Crippen LogP contribution < -0.4 is 10.1 Å². The van der Waals surface area contributed by atoms with E-state index in [4.69, 9.17) is 14.2 Å². The van der Waals surface area contributed by atoms with Gasteiger partial charge in [-0.15, -0.1) is 0 Å². The number of nitrogens with zero attached hydrogens (tertiary/aromatic N) is 2. The SMILES string of the molecule is COC(=O)[C@H](Cc1ccc(OC)c([N+](=O)[O-])c1)NC(=O)[C@H]1CCCN1C(=O)OCc1ccccc1. The Morgan fingerprint density at radius 1 is 1.14 bits per heavy atom. The van der Waals surface area contributed by atoms with Gasteiger partial charge in [0, 0.05) is 19.0 Å². The van der Waals surface area contributed by atoms with Crippen LogP contribution in [0.1, 0.15) is 24.0 Å². The number of nitro groups is 1. The standard InChI is InChI=1S/C24H27N3O8/c1-33-21-11-10-17(14-20(21)27(31)32)13-18(23(29)34-2)25-22(28)19-9-6-12-26(19)24(30)35-15-16-7-4-3-5-8-16/h3-5,7-8,10-11,14,18-19H,6,9,12-13,15H2,1-2H3,(H,25,28)/t18-,19+/m0/s1. The van der Waals surface area contributed by atoms with Crippen molar-refractivity contribution in [3.63, 3.8) is 0 Å². The number of hydrogen-bond donors (Lipinski definition) is 1. The number of carbonyl (C=O) groups excluding carboxylic acids is 3. The summed E-state index contributed by atoms with van der Waals surface area (Å²) in [6, 6.07) is 11.5. The molecule has 1 heterocycles. The van der Waals surface area contributed by atoms with Gasteiger partial charge in [0.1, 0.15) is 18.7 Å². The summed E-state index contributed by atoms with van der Waals surface area (Å²) in [5, 5.41) is 13.9. The minimum atomic E-state index is -1.11. The highest BCUT2D eigenvalue weighted by molar-refractivity contribution is 5.90. The average molecular weight is 485 g/mol. The molecule has 2 aromatic carbocycles. The highest BCUT2D eigenvalue weighted by Crippen LogP contribution is 2.28. The summed E-state index contributed by atoms with van der Waals surface area (Å²) in [5.74, 6) is -1.17. The molecule has 2 aromatic rings. The second-order valence-electron chi connectivity index (χ2n) is 7.94. The maximum atomic E-state index is 13.0. The van der Waals surface area contributed by atoms with Gasteiger partial charge in [-0.3, -0.25) is 19.8 Å². The maximum Gasteiger partial charge on any atom is 0.410 e. The molecule has 2 amide bonds. The van der Waals surface area contributed by atoms with Crippen LogP contribution in [0.4, 0.5) is 10.5 Å². The molecule has 0 spiro atoms. The number of nitrogens with one attached hydrogen (secondary N) is 1. The summed E-state index contributed by atoms with van der Waals surface area (Å²) in [6.45, 7) is 0.421. The van der Waals surface area contributed by atoms with Crippen molar-refractivity contribution in [2.45, 2.75) is 38.0 Å². The van der Waals surface area contributed by atoms with Crippen molar-refractivity contribution in [2.24, 2.45) is 0 Å². The number of ether oxygens (including phenoxy) is 3. The van der Waals surface area contributed by atoms with Crippen molar-refractivity contribution < 1.29 is 33.5 Å². The van der Waals surface area contributed by atoms with Gasteiger partial charge in [-0.25, -0.2) is 9.59 Å². The van der Waals surface area contributed by atoms with Crippen molar-refractivity contribution in [2.75, 3.05) is 20.8 Å². The van der Waals surface area contributed by atoms with E-state index in [9.17, 15) is 24.5 Å². The molecule has 1 N–H and O–H groups in total. The number of benzene rings is 2. The molecule has 11 heteroatoms. The smallest absolute Gasteiger partial charge is 0.410 e. The lowest BCUT2D eigenvalue weighted by molar-refractivity contribution is -0.385. The van der Waals surface area contributed by atoms with E-state index in [0.717, 1.165) is 5.56 Å². The number of hydrogen-bond acceptors (Lipinski definition) is 8. The van der Waals surface area contributed by atoms with Gasteiger partial charge in [0.25, 0.3) is 0 Å². The zero-order valence-corrected chi connectivity index (χ0v) is 19.5. The van der Waals surface area contributed by atoms with E-state index in [1.165, 1.54) is 31.3 Å². The first-order valence-electron chi connectivity index (χ1n) is 11.0. The summed E-state index contributed by atoms with van der Waals surface area (Å²) in [5.41, 5.74) is 0.988. The molecule has 35 heavy (non-hydrogen) atoms. The Balaban J connectivity index is 1.68. The number of amides is 2. The molecule has 1 aliphatic heterocycles. The predicted molar refractivity (Wildman–Crippen MR) is 124 cm³/mol. The maximum absolute atomic E-state index is 13.0. The normalized spacial score (nSPS) is 15.7. The predicted octanol–water partition coefficient (Wildman–Crippen LogP) is 2.60. The largest absolute Gasteiger partial charge is 0.490 e. The van der Waals surface area contributed by atoms with E-state index in [0.29, 0.717) is 24.9 Å². The molecule has 3 rings (SSSR count). The second-order valence-corrected chi connectivity index (χ2v) is 7.94. The minimum Gasteiger partial charge on any atom is -0.490 e. The molecule has 0 unspecified atom stereocenters. The summed E-state index contributed by atoms with van der Waals surface area (Å²) >= 11 is 0. The molecule has 186 valence electrons. The fourth-order valence-electron chi connectivity index (χ4n) is 3.90. The molecular weight excluding hydrogens is 458 g/mol. The third kappa shape index (κ3) is 6.46. The van der Waals surface area contributed by atoms with E-state index in [-0.39, 0.29) is 24.5 Å². The van der Waals surface area contributed by atoms with Crippen LogP contribution in [0, 0.1) is 10.1 Å². The molecule has 11 nitrogen and oxygen atoms in total. The molecule has 1 fully saturated rings. The summed E-state index contributed by atoms with van der Waals surface area (Å²) in [4.78, 5) is 50.1. The lowest BCUT2D eigenvalue weighted by Gasteiger charge is -2.25. The van der Waals surface area contributed by atoms with E-state index in [1.807, 2.05) is 30.3 Å². The minimum absolute atomic E-state index is 0.0472. The van der Waals surface area contributed by atoms with Gasteiger partial charge in [0.2, 0.25) is 5.91 Å². The van der Waals surface area contributed by atoms with Gasteiger partial charge >= 0.3 is 17.7 Å². The molecular formula is C24H27N3O8. The number of carbonyl (C=O) groups is 3. The molecule has 1 aliphatic rings. The van der Waals surface area contributed by atoms with E-state index >= 15 is 0 Å². The molecule has 0 saturated carbocycles. The van der Waals surface area contributed by atoms with Crippen LogP contribution in [0.5, 0.6) is 5.75 Å². The van der Waals surface area contributed by atoms with E-state index < -0.39 is 35.0 Å². The van der Waals surface area contributed by atoms with Crippen LogP contribution in [0.25, 0.3) is 0 Å². The fraction of sp³-hybridized carbons (Fsp3) is 0.375. The third-order valence-electron chi connectivity index (χ3n) is 5.68. The van der Waals surface area contributed by atoms with Crippen LogP contribution in [0.2, 0.25) is 0 Å². The molecule has 0 bridgehead atoms. The highest BCUT2D eigenvalue weighted by Gasteiger charge is 2.37. The van der Waals surface area contributed by atoms with E-state index in [2.05, 4.69) is 5.32 Å². The van der Waals surface area contributed by atoms with Gasteiger partial charge in [-0.05, 0) is 30.0 Å². The number of methoxy groups -OCH3 is 2. The number of likely N-dealkylation sites (tertiary alicyclic amines) is 1. The fourth-order valence-corrected chi connectivity index (χ4v) is 3.90. The summed E-state index contributed by atoms with van der Waals surface area (Å²) in [7, 11) is 2.50. The number of nitro benzene ring substituents is 1. The van der Waals surface area contributed by atoms with Crippen LogP contribution in [0.3, 0.4) is 0 Å². The van der Waals surface area contributed by atoms with Gasteiger partial charge < -0.3 is 19.5 Å². The van der Waals surface area contributed by atoms with Crippen LogP contribution in [-0.4, -0.2) is 60.6 Å². The molecule has 0 aliphatic carbocycles. The third-order valence-corrected chi connectivity index (χ3v) is 5.68. The van der Waals surface area contributed by atoms with Gasteiger partial charge in [0.15, 0.2) is 5.75 Å². The summed E-state index contributed by atoms with van der Waals surface area (Å²) in [6.07, 6.45) is 0.348. The number of esters is 1. The van der Waals surface area contributed by atoms with Gasteiger partial charge in [-0.2, -0.15) is 0 Å². The Kier molecular flexibility index (Phi) is 8.60. The van der Waals surface area contributed by atoms with Crippen molar-refractivity contribution >= 4 is 23.7 Å². The molecule has 2 atom stereocenters. The van der Waals surface area contributed by atoms with Crippen molar-refractivity contribution in [1.82, 2.24) is 10.2 Å². The first-order valence-corrected chi connectivity index (χ1v) is 11.0. The Morgan fingerprint density at radius 3 is 2.54 bits per heavy atom. The van der Waals surface area contributed by atoms with E-state index in [1.54, 1.807) is 6.07 Å². The van der Waals surface area contributed by atoms with Crippen molar-refractivity contribution in [1.29, 1.82) is 0 Å². The van der Waals surface area contributed by atoms with Crippen molar-refractivity contribution in [3.8, 4) is 5.75 Å². The first-order chi connectivity index (χ1) is 16.8. The van der Waals surface area contributed by atoms with Gasteiger partial charge in [-0.1, -0.05) is 36.4 Å². The Labute approximate surface area is 202 Å². The average Bonchev–Trinajstić information content (AvgIpc) is 3.37. The zero-order chi connectivity index (χ0) is 25.4. The second kappa shape index (κ2) is 11.8. The van der Waals surface area contributed by atoms with Crippen LogP contribution in [-0.2, 0) is 32.1 Å². The topological polar surface area (TPSA) is 137 Å². The Morgan fingerprint density at radius 2 is 1.89 bits per heavy atom. The highest BCUT2D eigenvalue weighted by atomic mass is 16.6. The monoisotopic (exact) mass is 485 g/mol. The summed E-state index contributed by atoms with van der Waals surface area (Å²) < 4.78 is 15.2. The quantitative estimate of drug-likeness (QED) is 0.325. The molecule has 1 saturated heterocycles. The van der Waals surface area contributed by atoms with Gasteiger partial charge in [0.05, 0.1) is 19.1 Å². The molecule has 0 aromatic heterocycles. The Hall–Kier alpha value is -4.15. The van der Waals surface area contributed by atoms with Crippen molar-refractivity contribution in [3.05, 3.63) is 69.8 Å². The van der Waals surface area contributed by atoms with Crippen LogP contribution in [0.15, 0.2) is 48.5 Å². The zero-order valence-electron chi connectivity index (χ0n) is 19.5. The Bertz CT molecular complexity index is 1080. The lowest BCUT2D eigenvalue weighted by atomic mass is 10.0. The van der Waals surface area contributed by atoms with Crippen LogP contribution >= 0.6 is 0 Å². The lowest BCUT2D eigenvalue weighted by Crippen LogP contribution is -2.51. The first kappa shape index (κ1) is 25.5. The molecule has 0 radical (unpaired) electrons. The number of rotatable bonds is 9.